The highest BCUT2D eigenvalue weighted by molar-refractivity contribution is 7.17. The topological polar surface area (TPSA) is 72.1 Å². The van der Waals surface area contributed by atoms with Gasteiger partial charge in [0.2, 0.25) is 5.95 Å². The molecule has 1 aromatic carbocycles. The first-order chi connectivity index (χ1) is 11.7. The molecule has 0 bridgehead atoms. The van der Waals surface area contributed by atoms with E-state index in [9.17, 15) is 4.79 Å². The SMILES string of the molecule is Nc1nccc(-c2ccc(C(=O)N3CCc4ccccc4C3)s2)n1. The van der Waals surface area contributed by atoms with Crippen LogP contribution in [0.15, 0.2) is 48.7 Å². The van der Waals surface area contributed by atoms with Gasteiger partial charge in [0.05, 0.1) is 15.4 Å². The summed E-state index contributed by atoms with van der Waals surface area (Å²) in [5.74, 6) is 0.309. The maximum absolute atomic E-state index is 12.8. The molecule has 3 heterocycles. The minimum absolute atomic E-state index is 0.0720. The number of nitrogen functional groups attached to an aromatic ring is 1. The molecule has 3 aromatic rings. The second-order valence-corrected chi connectivity index (χ2v) is 6.79. The molecular weight excluding hydrogens is 320 g/mol. The first-order valence-corrected chi connectivity index (χ1v) is 8.57. The molecule has 5 nitrogen and oxygen atoms in total. The summed E-state index contributed by atoms with van der Waals surface area (Å²) in [6.45, 7) is 1.42. The van der Waals surface area contributed by atoms with Crippen molar-refractivity contribution in [2.75, 3.05) is 12.3 Å². The zero-order valence-corrected chi connectivity index (χ0v) is 13.8. The summed E-state index contributed by atoms with van der Waals surface area (Å²) in [4.78, 5) is 24.5. The van der Waals surface area contributed by atoms with E-state index >= 15 is 0 Å². The Morgan fingerprint density at radius 2 is 1.96 bits per heavy atom. The van der Waals surface area contributed by atoms with Gasteiger partial charge in [-0.25, -0.2) is 9.97 Å². The van der Waals surface area contributed by atoms with Crippen molar-refractivity contribution in [3.8, 4) is 10.6 Å². The number of fused-ring (bicyclic) bond motifs is 1. The van der Waals surface area contributed by atoms with Crippen LogP contribution in [0.4, 0.5) is 5.95 Å². The maximum atomic E-state index is 12.8. The van der Waals surface area contributed by atoms with E-state index in [0.717, 1.165) is 28.4 Å². The Morgan fingerprint density at radius 3 is 2.79 bits per heavy atom. The van der Waals surface area contributed by atoms with Crippen LogP contribution in [0.2, 0.25) is 0 Å². The Balaban J connectivity index is 1.56. The van der Waals surface area contributed by atoms with Crippen LogP contribution in [0.3, 0.4) is 0 Å². The van der Waals surface area contributed by atoms with E-state index in [1.54, 1.807) is 12.3 Å². The number of nitrogens with zero attached hydrogens (tertiary/aromatic N) is 3. The number of carbonyl (C=O) groups excluding carboxylic acids is 1. The standard InChI is InChI=1S/C18H16N4OS/c19-18-20-9-7-14(21-18)15-5-6-16(24-15)17(23)22-10-8-12-3-1-2-4-13(12)11-22/h1-7,9H,8,10-11H2,(H2,19,20,21). The van der Waals surface area contributed by atoms with Crippen LogP contribution in [0.25, 0.3) is 10.6 Å². The van der Waals surface area contributed by atoms with Gasteiger partial charge in [-0.1, -0.05) is 24.3 Å². The summed E-state index contributed by atoms with van der Waals surface area (Å²) in [5, 5.41) is 0. The largest absolute Gasteiger partial charge is 0.368 e. The van der Waals surface area contributed by atoms with Crippen LogP contribution in [-0.4, -0.2) is 27.3 Å². The van der Waals surface area contributed by atoms with Gasteiger partial charge in [0.25, 0.3) is 5.91 Å². The van der Waals surface area contributed by atoms with Gasteiger partial charge >= 0.3 is 0 Å². The number of carbonyl (C=O) groups is 1. The van der Waals surface area contributed by atoms with E-state index in [4.69, 9.17) is 5.73 Å². The van der Waals surface area contributed by atoms with Crippen LogP contribution in [-0.2, 0) is 13.0 Å². The molecule has 1 aliphatic heterocycles. The molecule has 0 fully saturated rings. The molecule has 120 valence electrons. The molecule has 1 aliphatic rings. The molecule has 6 heteroatoms. The number of aromatic nitrogens is 2. The molecule has 0 atom stereocenters. The molecule has 24 heavy (non-hydrogen) atoms. The minimum atomic E-state index is 0.0720. The quantitative estimate of drug-likeness (QED) is 0.781. The lowest BCUT2D eigenvalue weighted by atomic mass is 10.00. The van der Waals surface area contributed by atoms with Crippen molar-refractivity contribution < 1.29 is 4.79 Å². The number of thiophene rings is 1. The van der Waals surface area contributed by atoms with Gasteiger partial charge in [0, 0.05) is 19.3 Å². The number of rotatable bonds is 2. The van der Waals surface area contributed by atoms with Gasteiger partial charge < -0.3 is 10.6 Å². The Labute approximate surface area is 143 Å². The molecule has 2 N–H and O–H groups in total. The zero-order chi connectivity index (χ0) is 16.5. The Bertz CT molecular complexity index is 905. The predicted octanol–water partition coefficient (Wildman–Crippen LogP) is 2.99. The second kappa shape index (κ2) is 6.05. The number of anilines is 1. The van der Waals surface area contributed by atoms with E-state index in [-0.39, 0.29) is 11.9 Å². The van der Waals surface area contributed by atoms with Gasteiger partial charge in [-0.2, -0.15) is 0 Å². The fraction of sp³-hybridized carbons (Fsp3) is 0.167. The number of nitrogens with two attached hydrogens (primary N) is 1. The van der Waals surface area contributed by atoms with E-state index in [0.29, 0.717) is 6.54 Å². The molecule has 1 amide bonds. The van der Waals surface area contributed by atoms with Crippen LogP contribution in [0, 0.1) is 0 Å². The van der Waals surface area contributed by atoms with E-state index in [1.807, 2.05) is 23.1 Å². The van der Waals surface area contributed by atoms with Crippen LogP contribution in [0.1, 0.15) is 20.8 Å². The summed E-state index contributed by atoms with van der Waals surface area (Å²) in [5.41, 5.74) is 8.95. The summed E-state index contributed by atoms with van der Waals surface area (Å²) >= 11 is 1.44. The third kappa shape index (κ3) is 2.76. The highest BCUT2D eigenvalue weighted by atomic mass is 32.1. The van der Waals surface area contributed by atoms with Crippen LogP contribution >= 0.6 is 11.3 Å². The van der Waals surface area contributed by atoms with Gasteiger partial charge in [-0.3, -0.25) is 4.79 Å². The normalized spacial score (nSPS) is 13.6. The van der Waals surface area contributed by atoms with Crippen molar-refractivity contribution in [1.29, 1.82) is 0 Å². The Morgan fingerprint density at radius 1 is 1.12 bits per heavy atom. The van der Waals surface area contributed by atoms with E-state index in [2.05, 4.69) is 28.2 Å². The van der Waals surface area contributed by atoms with Gasteiger partial charge in [-0.05, 0) is 35.7 Å². The molecule has 0 unspecified atom stereocenters. The van der Waals surface area contributed by atoms with E-state index < -0.39 is 0 Å². The maximum Gasteiger partial charge on any atom is 0.264 e. The molecule has 2 aromatic heterocycles. The van der Waals surface area contributed by atoms with Crippen molar-refractivity contribution in [3.63, 3.8) is 0 Å². The molecule has 0 radical (unpaired) electrons. The summed E-state index contributed by atoms with van der Waals surface area (Å²) < 4.78 is 0. The number of hydrogen-bond donors (Lipinski definition) is 1. The predicted molar refractivity (Wildman–Crippen MR) is 94.6 cm³/mol. The molecule has 0 spiro atoms. The monoisotopic (exact) mass is 336 g/mol. The second-order valence-electron chi connectivity index (χ2n) is 5.71. The summed E-state index contributed by atoms with van der Waals surface area (Å²) in [6.07, 6.45) is 2.53. The highest BCUT2D eigenvalue weighted by Crippen LogP contribution is 2.29. The van der Waals surface area contributed by atoms with Crippen molar-refractivity contribution >= 4 is 23.2 Å². The average Bonchev–Trinajstić information content (AvgIpc) is 3.11. The molecule has 0 saturated carbocycles. The number of benzene rings is 1. The minimum Gasteiger partial charge on any atom is -0.368 e. The molecular formula is C18H16N4OS. The van der Waals surface area contributed by atoms with Crippen molar-refractivity contribution in [2.24, 2.45) is 0 Å². The van der Waals surface area contributed by atoms with Crippen molar-refractivity contribution in [3.05, 3.63) is 64.7 Å². The Hall–Kier alpha value is -2.73. The molecule has 0 saturated heterocycles. The van der Waals surface area contributed by atoms with E-state index in [1.165, 1.54) is 22.5 Å². The third-order valence-corrected chi connectivity index (χ3v) is 5.26. The first kappa shape index (κ1) is 14.8. The van der Waals surface area contributed by atoms with Crippen molar-refractivity contribution in [2.45, 2.75) is 13.0 Å². The number of hydrogen-bond acceptors (Lipinski definition) is 5. The van der Waals surface area contributed by atoms with Crippen LogP contribution in [0.5, 0.6) is 0 Å². The third-order valence-electron chi connectivity index (χ3n) is 4.16. The first-order valence-electron chi connectivity index (χ1n) is 7.75. The lowest BCUT2D eigenvalue weighted by Gasteiger charge is -2.28. The molecule has 4 rings (SSSR count). The van der Waals surface area contributed by atoms with Gasteiger partial charge in [0.15, 0.2) is 0 Å². The number of amides is 1. The van der Waals surface area contributed by atoms with Gasteiger partial charge in [-0.15, -0.1) is 11.3 Å². The lowest BCUT2D eigenvalue weighted by Crippen LogP contribution is -2.35. The average molecular weight is 336 g/mol. The molecule has 0 aliphatic carbocycles. The zero-order valence-electron chi connectivity index (χ0n) is 13.0. The summed E-state index contributed by atoms with van der Waals surface area (Å²) in [6, 6.07) is 13.9. The summed E-state index contributed by atoms with van der Waals surface area (Å²) in [7, 11) is 0. The fourth-order valence-corrected chi connectivity index (χ4v) is 3.87. The highest BCUT2D eigenvalue weighted by Gasteiger charge is 2.23. The smallest absolute Gasteiger partial charge is 0.264 e. The fourth-order valence-electron chi connectivity index (χ4n) is 2.93. The Kier molecular flexibility index (Phi) is 3.74. The lowest BCUT2D eigenvalue weighted by molar-refractivity contribution is 0.0739. The van der Waals surface area contributed by atoms with Crippen LogP contribution < -0.4 is 5.73 Å². The van der Waals surface area contributed by atoms with Crippen molar-refractivity contribution in [1.82, 2.24) is 14.9 Å². The van der Waals surface area contributed by atoms with Gasteiger partial charge in [0.1, 0.15) is 0 Å².